The van der Waals surface area contributed by atoms with Crippen molar-refractivity contribution >= 4 is 11.7 Å². The lowest BCUT2D eigenvalue weighted by molar-refractivity contribution is -0.171. The first kappa shape index (κ1) is 14.6. The number of anilines is 1. The Morgan fingerprint density at radius 1 is 1.20 bits per heavy atom. The van der Waals surface area contributed by atoms with Crippen molar-refractivity contribution in [1.82, 2.24) is 4.90 Å². The molecule has 2 bridgehead atoms. The molecule has 2 saturated heterocycles. The van der Waals surface area contributed by atoms with E-state index in [4.69, 9.17) is 4.74 Å². The summed E-state index contributed by atoms with van der Waals surface area (Å²) in [5.41, 5.74) is 2.97. The van der Waals surface area contributed by atoms with Crippen LogP contribution in [-0.2, 0) is 14.9 Å². The van der Waals surface area contributed by atoms with E-state index >= 15 is 0 Å². The van der Waals surface area contributed by atoms with Crippen LogP contribution in [0.4, 0.5) is 5.69 Å². The molecule has 0 radical (unpaired) electrons. The largest absolute Gasteiger partial charge is 0.469 e. The maximum absolute atomic E-state index is 12.9. The van der Waals surface area contributed by atoms with Crippen molar-refractivity contribution in [3.8, 4) is 0 Å². The Bertz CT molecular complexity index is 779. The third kappa shape index (κ3) is 1.38. The Morgan fingerprint density at radius 2 is 2.08 bits per heavy atom. The highest BCUT2D eigenvalue weighted by Crippen LogP contribution is 2.74. The second-order valence-electron chi connectivity index (χ2n) is 9.05. The molecule has 3 aliphatic carbocycles. The molecule has 7 rings (SSSR count). The number of piperidine rings is 1. The zero-order chi connectivity index (χ0) is 16.9. The van der Waals surface area contributed by atoms with Crippen LogP contribution in [0.3, 0.4) is 0 Å². The quantitative estimate of drug-likeness (QED) is 0.800. The summed E-state index contributed by atoms with van der Waals surface area (Å²) in [5, 5.41) is 3.92. The van der Waals surface area contributed by atoms with E-state index in [1.807, 2.05) is 0 Å². The number of ether oxygens (including phenoxy) is 1. The minimum Gasteiger partial charge on any atom is -0.469 e. The topological polar surface area (TPSA) is 41.6 Å². The average Bonchev–Trinajstić information content (AvgIpc) is 3.19. The van der Waals surface area contributed by atoms with E-state index in [9.17, 15) is 4.79 Å². The van der Waals surface area contributed by atoms with Gasteiger partial charge >= 0.3 is 5.97 Å². The van der Waals surface area contributed by atoms with Crippen LogP contribution in [0.5, 0.6) is 0 Å². The normalized spacial score (nSPS) is 46.1. The van der Waals surface area contributed by atoms with E-state index in [0.29, 0.717) is 11.5 Å². The zero-order valence-corrected chi connectivity index (χ0v) is 14.9. The van der Waals surface area contributed by atoms with E-state index in [-0.39, 0.29) is 22.8 Å². The molecule has 0 amide bonds. The molecule has 5 atom stereocenters. The molecule has 3 aliphatic heterocycles. The van der Waals surface area contributed by atoms with Crippen LogP contribution in [-0.4, -0.2) is 42.6 Å². The monoisotopic (exact) mass is 338 g/mol. The summed E-state index contributed by atoms with van der Waals surface area (Å²) in [6.07, 6.45) is 7.10. The minimum atomic E-state index is -0.151. The fourth-order valence-corrected chi connectivity index (χ4v) is 8.03. The highest BCUT2D eigenvalue weighted by Gasteiger charge is 2.78. The number of hydrogen-bond acceptors (Lipinski definition) is 4. The van der Waals surface area contributed by atoms with E-state index in [2.05, 4.69) is 34.5 Å². The van der Waals surface area contributed by atoms with Gasteiger partial charge in [0.2, 0.25) is 0 Å². The van der Waals surface area contributed by atoms with Crippen molar-refractivity contribution < 1.29 is 9.53 Å². The van der Waals surface area contributed by atoms with Crippen molar-refractivity contribution in [1.29, 1.82) is 0 Å². The Labute approximate surface area is 148 Å². The molecule has 5 fully saturated rings. The number of carbonyl (C=O) groups excluding carboxylic acids is 1. The molecular formula is C21H26N2O2. The predicted molar refractivity (Wildman–Crippen MR) is 95.5 cm³/mol. The van der Waals surface area contributed by atoms with Crippen LogP contribution in [0, 0.1) is 11.3 Å². The average molecular weight is 338 g/mol. The molecule has 3 saturated carbocycles. The molecular weight excluding hydrogens is 312 g/mol. The second-order valence-corrected chi connectivity index (χ2v) is 9.05. The van der Waals surface area contributed by atoms with Crippen molar-refractivity contribution in [2.45, 2.75) is 55.5 Å². The fourth-order valence-electron chi connectivity index (χ4n) is 8.03. The SMILES string of the molecule is COC(=O)[C@@H]1CC23CCCN4CC[C@@]5(c6ccccc6NC15CC2)[C@H]43. The first-order valence-electron chi connectivity index (χ1n) is 9.87. The van der Waals surface area contributed by atoms with Gasteiger partial charge in [0, 0.05) is 17.1 Å². The number of carbonyl (C=O) groups is 1. The van der Waals surface area contributed by atoms with E-state index in [1.54, 1.807) is 7.11 Å². The van der Waals surface area contributed by atoms with Gasteiger partial charge in [0.15, 0.2) is 0 Å². The third-order valence-corrected chi connectivity index (χ3v) is 8.60. The zero-order valence-electron chi connectivity index (χ0n) is 14.9. The lowest BCUT2D eigenvalue weighted by Crippen LogP contribution is -2.76. The molecule has 3 spiro atoms. The molecule has 4 nitrogen and oxygen atoms in total. The summed E-state index contributed by atoms with van der Waals surface area (Å²) in [5.74, 6) is -0.0193. The van der Waals surface area contributed by atoms with Crippen molar-refractivity contribution in [2.24, 2.45) is 11.3 Å². The number of benzene rings is 1. The Kier molecular flexibility index (Phi) is 2.57. The summed E-state index contributed by atoms with van der Waals surface area (Å²) >= 11 is 0. The lowest BCUT2D eigenvalue weighted by atomic mass is 9.39. The smallest absolute Gasteiger partial charge is 0.311 e. The number of hydrogen-bond donors (Lipinski definition) is 1. The second kappa shape index (κ2) is 4.40. The van der Waals surface area contributed by atoms with Crippen LogP contribution in [0.15, 0.2) is 24.3 Å². The first-order valence-corrected chi connectivity index (χ1v) is 9.87. The standard InChI is InChI=1S/C21H26N2O2/c1-25-17(24)15-13-19-7-4-11-23-12-10-20(18(19)23)14-5-2-3-6-16(14)22-21(15,20)9-8-19/h2-3,5-6,15,18,22H,4,7-13H2,1H3/t15-,18+,19?,20+,21?/m0/s1. The third-order valence-electron chi connectivity index (χ3n) is 8.60. The predicted octanol–water partition coefficient (Wildman–Crippen LogP) is 2.93. The van der Waals surface area contributed by atoms with Crippen LogP contribution < -0.4 is 5.32 Å². The summed E-state index contributed by atoms with van der Waals surface area (Å²) in [6.45, 7) is 2.41. The maximum Gasteiger partial charge on any atom is 0.311 e. The summed E-state index contributed by atoms with van der Waals surface area (Å²) < 4.78 is 5.33. The van der Waals surface area contributed by atoms with E-state index < -0.39 is 0 Å². The molecule has 0 aromatic heterocycles. The van der Waals surface area contributed by atoms with Gasteiger partial charge in [-0.3, -0.25) is 9.69 Å². The van der Waals surface area contributed by atoms with Gasteiger partial charge in [-0.15, -0.1) is 0 Å². The van der Waals surface area contributed by atoms with Gasteiger partial charge in [-0.1, -0.05) is 18.2 Å². The molecule has 132 valence electrons. The van der Waals surface area contributed by atoms with Gasteiger partial charge in [-0.25, -0.2) is 0 Å². The number of para-hydroxylation sites is 1. The lowest BCUT2D eigenvalue weighted by Gasteiger charge is -2.69. The number of esters is 1. The van der Waals surface area contributed by atoms with E-state index in [1.165, 1.54) is 50.0 Å². The van der Waals surface area contributed by atoms with Crippen molar-refractivity contribution in [2.75, 3.05) is 25.5 Å². The van der Waals surface area contributed by atoms with Gasteiger partial charge in [0.05, 0.1) is 18.6 Å². The molecule has 2 unspecified atom stereocenters. The fraction of sp³-hybridized carbons (Fsp3) is 0.667. The molecule has 1 aromatic rings. The highest BCUT2D eigenvalue weighted by molar-refractivity contribution is 5.80. The molecule has 1 N–H and O–H groups in total. The first-order chi connectivity index (χ1) is 12.2. The summed E-state index contributed by atoms with van der Waals surface area (Å²) in [6, 6.07) is 9.45. The van der Waals surface area contributed by atoms with Crippen LogP contribution in [0.2, 0.25) is 0 Å². The van der Waals surface area contributed by atoms with Crippen molar-refractivity contribution in [3.05, 3.63) is 29.8 Å². The molecule has 25 heavy (non-hydrogen) atoms. The number of nitrogens with zero attached hydrogens (tertiary/aromatic N) is 1. The van der Waals surface area contributed by atoms with Gasteiger partial charge in [-0.2, -0.15) is 0 Å². The molecule has 1 aromatic carbocycles. The van der Waals surface area contributed by atoms with Gasteiger partial charge in [-0.05, 0) is 68.7 Å². The molecule has 3 heterocycles. The van der Waals surface area contributed by atoms with Gasteiger partial charge in [0.1, 0.15) is 0 Å². The van der Waals surface area contributed by atoms with Crippen LogP contribution in [0.1, 0.15) is 44.1 Å². The van der Waals surface area contributed by atoms with E-state index in [0.717, 1.165) is 12.8 Å². The van der Waals surface area contributed by atoms with Crippen LogP contribution >= 0.6 is 0 Å². The molecule has 4 heteroatoms. The Balaban J connectivity index is 1.65. The highest BCUT2D eigenvalue weighted by atomic mass is 16.5. The van der Waals surface area contributed by atoms with Gasteiger partial charge < -0.3 is 10.1 Å². The molecule has 6 aliphatic rings. The van der Waals surface area contributed by atoms with Crippen LogP contribution in [0.25, 0.3) is 0 Å². The Hall–Kier alpha value is -1.55. The minimum absolute atomic E-state index is 0.00114. The summed E-state index contributed by atoms with van der Waals surface area (Å²) in [7, 11) is 1.56. The number of fused-ring (bicyclic) bond motifs is 3. The maximum atomic E-state index is 12.9. The van der Waals surface area contributed by atoms with Gasteiger partial charge in [0.25, 0.3) is 0 Å². The Morgan fingerprint density at radius 3 is 2.96 bits per heavy atom. The number of nitrogens with one attached hydrogen (secondary N) is 1. The number of rotatable bonds is 1. The van der Waals surface area contributed by atoms with Crippen molar-refractivity contribution in [3.63, 3.8) is 0 Å². The number of methoxy groups -OCH3 is 1. The summed E-state index contributed by atoms with van der Waals surface area (Å²) in [4.78, 5) is 15.7.